The third-order valence-electron chi connectivity index (χ3n) is 6.79. The van der Waals surface area contributed by atoms with Crippen LogP contribution in [0.15, 0.2) is 108 Å². The minimum Gasteiger partial charge on any atom is -0.490 e. The summed E-state index contributed by atoms with van der Waals surface area (Å²) in [6.45, 7) is 2.55. The summed E-state index contributed by atoms with van der Waals surface area (Å²) in [4.78, 5) is 31.8. The molecule has 5 rings (SSSR count). The van der Waals surface area contributed by atoms with Crippen molar-refractivity contribution in [1.29, 1.82) is 0 Å². The molecule has 2 unspecified atom stereocenters. The van der Waals surface area contributed by atoms with E-state index in [0.717, 1.165) is 16.7 Å². The van der Waals surface area contributed by atoms with Gasteiger partial charge in [0.05, 0.1) is 6.61 Å². The number of hydrogen-bond acceptors (Lipinski definition) is 6. The third kappa shape index (κ3) is 6.08. The van der Waals surface area contributed by atoms with Crippen LogP contribution in [-0.2, 0) is 16.2 Å². The Hall–Kier alpha value is -4.42. The smallest absolute Gasteiger partial charge is 0.344 e. The molecule has 202 valence electrons. The number of halogens is 1. The molecule has 0 saturated heterocycles. The monoisotopic (exact) mass is 553 g/mol. The van der Waals surface area contributed by atoms with Gasteiger partial charge >= 0.3 is 5.97 Å². The molecule has 0 radical (unpaired) electrons. The summed E-state index contributed by atoms with van der Waals surface area (Å²) in [5.41, 5.74) is 3.42. The lowest BCUT2D eigenvalue weighted by molar-refractivity contribution is -0.143. The van der Waals surface area contributed by atoms with Crippen LogP contribution < -0.4 is 9.47 Å². The Bertz CT molecular complexity index is 1520. The molecule has 0 bridgehead atoms. The molecule has 4 aromatic rings. The predicted molar refractivity (Wildman–Crippen MR) is 154 cm³/mol. The zero-order chi connectivity index (χ0) is 27.9. The Morgan fingerprint density at radius 1 is 0.900 bits per heavy atom. The minimum absolute atomic E-state index is 0.0705. The lowest BCUT2D eigenvalue weighted by Gasteiger charge is -2.23. The number of ketones is 1. The van der Waals surface area contributed by atoms with E-state index in [0.29, 0.717) is 34.4 Å². The van der Waals surface area contributed by atoms with Gasteiger partial charge in [-0.1, -0.05) is 102 Å². The Balaban J connectivity index is 1.51. The Morgan fingerprint density at radius 2 is 1.60 bits per heavy atom. The molecule has 0 amide bonds. The predicted octanol–water partition coefficient (Wildman–Crippen LogP) is 7.25. The summed E-state index contributed by atoms with van der Waals surface area (Å²) in [6, 6.07) is 31.4. The van der Waals surface area contributed by atoms with Crippen molar-refractivity contribution >= 4 is 29.1 Å². The first kappa shape index (κ1) is 27.2. The first-order valence-corrected chi connectivity index (χ1v) is 13.5. The van der Waals surface area contributed by atoms with E-state index in [-0.39, 0.29) is 18.8 Å². The first-order chi connectivity index (χ1) is 19.5. The highest BCUT2D eigenvalue weighted by molar-refractivity contribution is 6.31. The molecule has 40 heavy (non-hydrogen) atoms. The average molecular weight is 554 g/mol. The highest BCUT2D eigenvalue weighted by atomic mass is 35.5. The summed E-state index contributed by atoms with van der Waals surface area (Å²) < 4.78 is 12.0. The van der Waals surface area contributed by atoms with Crippen molar-refractivity contribution in [2.75, 3.05) is 6.61 Å². The zero-order valence-electron chi connectivity index (χ0n) is 22.0. The number of carbonyl (C=O) groups excluding carboxylic acids is 2. The van der Waals surface area contributed by atoms with Crippen LogP contribution in [0.25, 0.3) is 0 Å². The SMILES string of the molecule is CCOc1cc(C(CC(=O)c2ccccc2)C2C(=O)ON=C2c2ccccc2)ccc1OCc1ccccc1Cl. The average Bonchev–Trinajstić information content (AvgIpc) is 3.37. The maximum absolute atomic E-state index is 13.4. The number of carbonyl (C=O) groups is 2. The molecular formula is C33H28ClNO5. The van der Waals surface area contributed by atoms with Gasteiger partial charge in [-0.3, -0.25) is 4.79 Å². The van der Waals surface area contributed by atoms with Gasteiger partial charge < -0.3 is 14.3 Å². The van der Waals surface area contributed by atoms with Crippen LogP contribution in [0.4, 0.5) is 0 Å². The molecule has 2 atom stereocenters. The quantitative estimate of drug-likeness (QED) is 0.144. The van der Waals surface area contributed by atoms with Gasteiger partial charge in [0.25, 0.3) is 0 Å². The van der Waals surface area contributed by atoms with E-state index in [1.165, 1.54) is 0 Å². The molecule has 1 aliphatic rings. The third-order valence-corrected chi connectivity index (χ3v) is 7.16. The van der Waals surface area contributed by atoms with E-state index in [1.54, 1.807) is 18.2 Å². The second kappa shape index (κ2) is 12.6. The van der Waals surface area contributed by atoms with E-state index in [4.69, 9.17) is 25.9 Å². The van der Waals surface area contributed by atoms with Crippen LogP contribution in [-0.4, -0.2) is 24.1 Å². The molecule has 0 fully saturated rings. The van der Waals surface area contributed by atoms with E-state index >= 15 is 0 Å². The fraction of sp³-hybridized carbons (Fsp3) is 0.182. The lowest BCUT2D eigenvalue weighted by atomic mass is 9.77. The molecule has 4 aromatic carbocycles. The van der Waals surface area contributed by atoms with Crippen molar-refractivity contribution < 1.29 is 23.9 Å². The van der Waals surface area contributed by atoms with Gasteiger partial charge in [-0.25, -0.2) is 4.79 Å². The van der Waals surface area contributed by atoms with Gasteiger partial charge in [0.1, 0.15) is 18.2 Å². The number of rotatable bonds is 11. The van der Waals surface area contributed by atoms with Gasteiger partial charge in [-0.15, -0.1) is 0 Å². The minimum atomic E-state index is -0.778. The Labute approximate surface area is 238 Å². The number of ether oxygens (including phenoxy) is 2. The molecular weight excluding hydrogens is 526 g/mol. The molecule has 0 saturated carbocycles. The first-order valence-electron chi connectivity index (χ1n) is 13.1. The standard InChI is InChI=1S/C33H28ClNO5/c1-2-38-30-19-24(17-18-29(30)39-21-25-15-9-10-16-27(25)34)26(20-28(36)22-11-5-3-6-12-22)31-32(35-40-33(31)37)23-13-7-4-8-14-23/h3-19,26,31H,2,20-21H2,1H3. The van der Waals surface area contributed by atoms with Crippen LogP contribution in [0.1, 0.15) is 46.3 Å². The van der Waals surface area contributed by atoms with E-state index < -0.39 is 17.8 Å². The maximum atomic E-state index is 13.4. The van der Waals surface area contributed by atoms with Crippen molar-refractivity contribution in [3.05, 3.63) is 130 Å². The lowest BCUT2D eigenvalue weighted by Crippen LogP contribution is -2.28. The largest absolute Gasteiger partial charge is 0.490 e. The van der Waals surface area contributed by atoms with Crippen LogP contribution in [0.5, 0.6) is 11.5 Å². The van der Waals surface area contributed by atoms with Crippen molar-refractivity contribution in [3.8, 4) is 11.5 Å². The number of benzene rings is 4. The molecule has 1 aliphatic heterocycles. The molecule has 1 heterocycles. The molecule has 7 heteroatoms. The topological polar surface area (TPSA) is 74.2 Å². The molecule has 0 spiro atoms. The summed E-state index contributed by atoms with van der Waals surface area (Å²) in [6.07, 6.45) is 0.0705. The van der Waals surface area contributed by atoms with Crippen LogP contribution in [0, 0.1) is 5.92 Å². The Kier molecular flexibility index (Phi) is 8.57. The summed E-state index contributed by atoms with van der Waals surface area (Å²) in [7, 11) is 0. The van der Waals surface area contributed by atoms with E-state index in [2.05, 4.69) is 5.16 Å². The summed E-state index contributed by atoms with van der Waals surface area (Å²) in [5.74, 6) is -0.882. The Morgan fingerprint density at radius 3 is 2.33 bits per heavy atom. The highest BCUT2D eigenvalue weighted by Crippen LogP contribution is 2.40. The van der Waals surface area contributed by atoms with Gasteiger partial charge in [-0.2, -0.15) is 0 Å². The summed E-state index contributed by atoms with van der Waals surface area (Å²) in [5, 5.41) is 4.74. The van der Waals surface area contributed by atoms with Crippen LogP contribution >= 0.6 is 11.6 Å². The van der Waals surface area contributed by atoms with Gasteiger partial charge in [0.15, 0.2) is 17.3 Å². The molecule has 0 aromatic heterocycles. The highest BCUT2D eigenvalue weighted by Gasteiger charge is 2.42. The fourth-order valence-electron chi connectivity index (χ4n) is 4.80. The van der Waals surface area contributed by atoms with Crippen molar-refractivity contribution in [2.45, 2.75) is 25.9 Å². The molecule has 0 N–H and O–H groups in total. The van der Waals surface area contributed by atoms with Crippen molar-refractivity contribution in [2.24, 2.45) is 11.1 Å². The van der Waals surface area contributed by atoms with Crippen molar-refractivity contribution in [1.82, 2.24) is 0 Å². The van der Waals surface area contributed by atoms with Crippen LogP contribution in [0.3, 0.4) is 0 Å². The normalized spacial score (nSPS) is 15.2. The zero-order valence-corrected chi connectivity index (χ0v) is 22.7. The molecule has 6 nitrogen and oxygen atoms in total. The molecule has 0 aliphatic carbocycles. The second-order valence-corrected chi connectivity index (χ2v) is 9.76. The number of oxime groups is 1. The second-order valence-electron chi connectivity index (χ2n) is 9.35. The fourth-order valence-corrected chi connectivity index (χ4v) is 4.99. The maximum Gasteiger partial charge on any atom is 0.344 e. The van der Waals surface area contributed by atoms with Gasteiger partial charge in [0.2, 0.25) is 0 Å². The van der Waals surface area contributed by atoms with Crippen LogP contribution in [0.2, 0.25) is 5.02 Å². The van der Waals surface area contributed by atoms with E-state index in [9.17, 15) is 9.59 Å². The number of Topliss-reactive ketones (excluding diaryl/α,β-unsaturated/α-hetero) is 1. The van der Waals surface area contributed by atoms with Gasteiger partial charge in [-0.05, 0) is 30.7 Å². The summed E-state index contributed by atoms with van der Waals surface area (Å²) >= 11 is 6.31. The number of nitrogens with zero attached hydrogens (tertiary/aromatic N) is 1. The van der Waals surface area contributed by atoms with E-state index in [1.807, 2.05) is 91.9 Å². The number of hydrogen-bond donors (Lipinski definition) is 0. The van der Waals surface area contributed by atoms with Gasteiger partial charge in [0, 0.05) is 34.1 Å². The van der Waals surface area contributed by atoms with Crippen molar-refractivity contribution in [3.63, 3.8) is 0 Å².